The van der Waals surface area contributed by atoms with Crippen molar-refractivity contribution in [2.24, 2.45) is 0 Å². The van der Waals surface area contributed by atoms with Crippen LogP contribution in [0.1, 0.15) is 69.3 Å². The van der Waals surface area contributed by atoms with Crippen molar-refractivity contribution >= 4 is 45.9 Å². The number of imidazole rings is 1. The molecule has 0 bridgehead atoms. The molecular weight excluding hydrogens is 551 g/mol. The van der Waals surface area contributed by atoms with Crippen LogP contribution < -0.4 is 4.90 Å². The fourth-order valence-electron chi connectivity index (χ4n) is 4.16. The minimum atomic E-state index is -2.67. The predicted molar refractivity (Wildman–Crippen MR) is 152 cm³/mol. The second-order valence-corrected chi connectivity index (χ2v) is 10.0. The first-order valence-corrected chi connectivity index (χ1v) is 13.7. The number of nitrogens with zero attached hydrogens (tertiary/aromatic N) is 2. The number of nitrogens with one attached hydrogen (secondary N) is 1. The second-order valence-electron chi connectivity index (χ2n) is 9.24. The number of hydrogen-bond acceptors (Lipinski definition) is 6. The number of carbonyl (C=O) groups is 1. The minimum Gasteiger partial charge on any atom is -0.466 e. The molecule has 39 heavy (non-hydrogen) atoms. The predicted octanol–water partition coefficient (Wildman–Crippen LogP) is 8.02. The Bertz CT molecular complexity index is 1190. The first-order valence-electron chi connectivity index (χ1n) is 12.9. The van der Waals surface area contributed by atoms with Gasteiger partial charge in [-0.1, -0.05) is 73.3 Å². The molecule has 0 aliphatic carbocycles. The molecule has 1 unspecified atom stereocenters. The summed E-state index contributed by atoms with van der Waals surface area (Å²) in [7, 11) is 1.18. The number of alkyl halides is 2. The van der Waals surface area contributed by atoms with E-state index < -0.39 is 5.92 Å². The maximum atomic E-state index is 13.6. The number of rotatable bonds is 6. The summed E-state index contributed by atoms with van der Waals surface area (Å²) in [6.45, 7) is 8.61. The number of halogens is 4. The highest BCUT2D eigenvalue weighted by molar-refractivity contribution is 6.42. The molecule has 0 amide bonds. The lowest BCUT2D eigenvalue weighted by atomic mass is 9.94. The number of ether oxygens (including phenoxy) is 1. The Labute approximate surface area is 238 Å². The average Bonchev–Trinajstić information content (AvgIpc) is 3.29. The summed E-state index contributed by atoms with van der Waals surface area (Å²) in [5, 5.41) is 7.74. The number of hydrogen-bond donors (Lipinski definition) is 2. The molecule has 2 N–H and O–H groups in total. The number of carbonyl (C=O) groups excluding carboxylic acids is 1. The summed E-state index contributed by atoms with van der Waals surface area (Å²) in [5.74, 6) is -2.82. The van der Waals surface area contributed by atoms with Crippen LogP contribution in [0.2, 0.25) is 10.0 Å². The van der Waals surface area contributed by atoms with E-state index in [1.165, 1.54) is 13.5 Å². The third-order valence-corrected chi connectivity index (χ3v) is 6.61. The number of aryl methyl sites for hydroxylation is 1. The number of fused-ring (bicyclic) bond motifs is 1. The SMILES string of the molecule is CCC.CCOC(=O)CC(c1ccc(C)cc1)c1nc2c(Cl)c(N3CCC(F)(F)CC3)c(Cl)cc2[nH]1.COO. The van der Waals surface area contributed by atoms with Crippen molar-refractivity contribution in [3.8, 4) is 0 Å². The highest BCUT2D eigenvalue weighted by atomic mass is 35.5. The number of piperidine rings is 1. The summed E-state index contributed by atoms with van der Waals surface area (Å²) in [6, 6.07) is 9.58. The van der Waals surface area contributed by atoms with Crippen LogP contribution >= 0.6 is 23.2 Å². The lowest BCUT2D eigenvalue weighted by Gasteiger charge is -2.34. The average molecular weight is 589 g/mol. The molecule has 3 aromatic rings. The van der Waals surface area contributed by atoms with Gasteiger partial charge in [-0.25, -0.2) is 18.7 Å². The monoisotopic (exact) mass is 587 g/mol. The topological polar surface area (TPSA) is 87.7 Å². The summed E-state index contributed by atoms with van der Waals surface area (Å²) in [4.78, 5) is 25.3. The zero-order valence-corrected chi connectivity index (χ0v) is 24.5. The third kappa shape index (κ3) is 9.03. The zero-order valence-electron chi connectivity index (χ0n) is 23.0. The van der Waals surface area contributed by atoms with Gasteiger partial charge in [0.2, 0.25) is 0 Å². The quantitative estimate of drug-likeness (QED) is 0.172. The maximum Gasteiger partial charge on any atom is 0.306 e. The normalized spacial score (nSPS) is 15.1. The molecule has 7 nitrogen and oxygen atoms in total. The van der Waals surface area contributed by atoms with E-state index >= 15 is 0 Å². The first-order chi connectivity index (χ1) is 18.5. The van der Waals surface area contributed by atoms with Crippen molar-refractivity contribution in [2.45, 2.75) is 65.2 Å². The Morgan fingerprint density at radius 2 is 1.74 bits per heavy atom. The van der Waals surface area contributed by atoms with Gasteiger partial charge in [-0.2, -0.15) is 0 Å². The molecule has 4 rings (SSSR count). The molecule has 2 aromatic carbocycles. The van der Waals surface area contributed by atoms with E-state index in [2.05, 4.69) is 23.7 Å². The molecule has 0 spiro atoms. The van der Waals surface area contributed by atoms with Gasteiger partial charge < -0.3 is 14.6 Å². The van der Waals surface area contributed by atoms with Crippen molar-refractivity contribution in [3.63, 3.8) is 0 Å². The van der Waals surface area contributed by atoms with Gasteiger partial charge in [0.15, 0.2) is 0 Å². The Morgan fingerprint density at radius 1 is 1.18 bits per heavy atom. The zero-order chi connectivity index (χ0) is 29.2. The van der Waals surface area contributed by atoms with Crippen LogP contribution in [-0.2, 0) is 14.4 Å². The number of esters is 1. The molecule has 0 radical (unpaired) electrons. The van der Waals surface area contributed by atoms with E-state index in [1.54, 1.807) is 17.9 Å². The van der Waals surface area contributed by atoms with Crippen molar-refractivity contribution in [2.75, 3.05) is 31.7 Å². The Balaban J connectivity index is 0.000000815. The van der Waals surface area contributed by atoms with E-state index in [4.69, 9.17) is 38.2 Å². The maximum absolute atomic E-state index is 13.6. The first kappa shape index (κ1) is 32.8. The molecule has 1 aliphatic rings. The van der Waals surface area contributed by atoms with Crippen LogP contribution in [0.4, 0.5) is 14.5 Å². The molecule has 2 heterocycles. The van der Waals surface area contributed by atoms with Gasteiger partial charge in [-0.05, 0) is 25.5 Å². The van der Waals surface area contributed by atoms with E-state index in [-0.39, 0.29) is 44.2 Å². The highest BCUT2D eigenvalue weighted by Gasteiger charge is 2.35. The van der Waals surface area contributed by atoms with Gasteiger partial charge in [0, 0.05) is 25.9 Å². The fourth-order valence-corrected chi connectivity index (χ4v) is 4.90. The Hall–Kier alpha value is -2.46. The molecule has 1 fully saturated rings. The van der Waals surface area contributed by atoms with Crippen LogP contribution in [0.25, 0.3) is 11.0 Å². The lowest BCUT2D eigenvalue weighted by molar-refractivity contribution is -0.214. The highest BCUT2D eigenvalue weighted by Crippen LogP contribution is 2.42. The molecule has 11 heteroatoms. The Kier molecular flexibility index (Phi) is 12.9. The largest absolute Gasteiger partial charge is 0.466 e. The number of aromatic nitrogens is 2. The summed E-state index contributed by atoms with van der Waals surface area (Å²) >= 11 is 13.2. The van der Waals surface area contributed by atoms with Crippen LogP contribution in [0.5, 0.6) is 0 Å². The third-order valence-electron chi connectivity index (χ3n) is 5.96. The van der Waals surface area contributed by atoms with E-state index in [0.29, 0.717) is 39.2 Å². The Morgan fingerprint density at radius 3 is 2.28 bits per heavy atom. The summed E-state index contributed by atoms with van der Waals surface area (Å²) < 4.78 is 32.5. The second kappa shape index (κ2) is 15.4. The van der Waals surface area contributed by atoms with Crippen molar-refractivity contribution in [3.05, 3.63) is 57.3 Å². The molecule has 1 atom stereocenters. The molecular formula is C28H37Cl2F2N3O4. The molecule has 1 saturated heterocycles. The van der Waals surface area contributed by atoms with Crippen molar-refractivity contribution in [1.82, 2.24) is 9.97 Å². The number of anilines is 1. The number of aromatic amines is 1. The number of H-pyrrole nitrogens is 1. The lowest BCUT2D eigenvalue weighted by Crippen LogP contribution is -2.39. The van der Waals surface area contributed by atoms with Crippen LogP contribution in [0.15, 0.2) is 30.3 Å². The van der Waals surface area contributed by atoms with Gasteiger partial charge in [0.25, 0.3) is 5.92 Å². The van der Waals surface area contributed by atoms with E-state index in [9.17, 15) is 13.6 Å². The summed E-state index contributed by atoms with van der Waals surface area (Å²) in [6.07, 6.45) is 0.854. The smallest absolute Gasteiger partial charge is 0.306 e. The van der Waals surface area contributed by atoms with Gasteiger partial charge in [-0.15, -0.1) is 0 Å². The minimum absolute atomic E-state index is 0.107. The van der Waals surface area contributed by atoms with Crippen molar-refractivity contribution in [1.29, 1.82) is 0 Å². The molecule has 0 saturated carbocycles. The number of benzene rings is 2. The fraction of sp³-hybridized carbons (Fsp3) is 0.500. The standard InChI is InChI=1S/C24H25Cl2F2N3O2.C3H8.CH4O2/c1-3-33-19(32)12-16(15-6-4-14(2)5-7-15)23-29-18-13-17(25)22(20(26)21(18)30-23)31-10-8-24(27,28)9-11-31;2*1-3-2/h4-7,13,16H,3,8-12H2,1-2H3,(H,29,30);3H2,1-2H3;2H,1H3. The molecule has 216 valence electrons. The molecule has 1 aliphatic heterocycles. The summed E-state index contributed by atoms with van der Waals surface area (Å²) in [5.41, 5.74) is 3.63. The van der Waals surface area contributed by atoms with Gasteiger partial charge >= 0.3 is 5.97 Å². The van der Waals surface area contributed by atoms with Crippen molar-refractivity contribution < 1.29 is 28.5 Å². The van der Waals surface area contributed by atoms with E-state index in [1.807, 2.05) is 31.2 Å². The van der Waals surface area contributed by atoms with Gasteiger partial charge in [-0.3, -0.25) is 10.1 Å². The van der Waals surface area contributed by atoms with Gasteiger partial charge in [0.1, 0.15) is 11.3 Å². The van der Waals surface area contributed by atoms with Crippen LogP contribution in [-0.4, -0.2) is 53.9 Å². The van der Waals surface area contributed by atoms with Crippen LogP contribution in [0, 0.1) is 6.92 Å². The van der Waals surface area contributed by atoms with Gasteiger partial charge in [0.05, 0.1) is 47.3 Å². The van der Waals surface area contributed by atoms with E-state index in [0.717, 1.165) is 11.1 Å². The van der Waals surface area contributed by atoms with Crippen LogP contribution in [0.3, 0.4) is 0 Å². The molecule has 1 aromatic heterocycles.